The Morgan fingerprint density at radius 1 is 0.964 bits per heavy atom. The molecule has 2 aliphatic rings. The molecule has 0 bridgehead atoms. The standard InChI is InChI=1S/C19H23N7.2ClH/c1-2-4-15(5-3-1)19-22-21-18-6-8-24(10-11-25(18)19)14-16-12-17-13-20-7-9-26(17)23-16;;/h1-5,12,20H,6-11,13-14H2;2*1H. The molecule has 28 heavy (non-hydrogen) atoms. The highest BCUT2D eigenvalue weighted by atomic mass is 35.5. The molecule has 0 spiro atoms. The van der Waals surface area contributed by atoms with Gasteiger partial charge in [0.15, 0.2) is 5.82 Å². The third kappa shape index (κ3) is 4.07. The van der Waals surface area contributed by atoms with E-state index in [2.05, 4.69) is 60.0 Å². The summed E-state index contributed by atoms with van der Waals surface area (Å²) in [4.78, 5) is 2.48. The molecule has 2 aromatic heterocycles. The Hall–Kier alpha value is -1.93. The minimum absolute atomic E-state index is 0. The van der Waals surface area contributed by atoms with Crippen LogP contribution >= 0.6 is 24.8 Å². The van der Waals surface area contributed by atoms with E-state index in [4.69, 9.17) is 5.10 Å². The van der Waals surface area contributed by atoms with Crippen LogP contribution in [0.4, 0.5) is 0 Å². The first-order valence-corrected chi connectivity index (χ1v) is 9.33. The SMILES string of the molecule is Cl.Cl.c1ccc(-c2nnc3n2CCN(Cc2cc4n(n2)CCNC4)CC3)cc1. The molecule has 3 aromatic rings. The average Bonchev–Trinajstić information content (AvgIpc) is 3.22. The van der Waals surface area contributed by atoms with Gasteiger partial charge in [0.1, 0.15) is 5.82 Å². The van der Waals surface area contributed by atoms with Gasteiger partial charge in [-0.15, -0.1) is 35.0 Å². The lowest BCUT2D eigenvalue weighted by atomic mass is 10.2. The van der Waals surface area contributed by atoms with Gasteiger partial charge in [-0.25, -0.2) is 0 Å². The third-order valence-electron chi connectivity index (χ3n) is 5.26. The molecule has 0 amide bonds. The van der Waals surface area contributed by atoms with E-state index in [9.17, 15) is 0 Å². The maximum absolute atomic E-state index is 4.78. The molecule has 2 aliphatic heterocycles. The second kappa shape index (κ2) is 9.05. The van der Waals surface area contributed by atoms with Crippen LogP contribution in [0.25, 0.3) is 11.4 Å². The second-order valence-corrected chi connectivity index (χ2v) is 7.01. The average molecular weight is 422 g/mol. The first-order chi connectivity index (χ1) is 12.9. The maximum Gasteiger partial charge on any atom is 0.164 e. The monoisotopic (exact) mass is 421 g/mol. The number of hydrogen-bond acceptors (Lipinski definition) is 5. The number of rotatable bonds is 3. The van der Waals surface area contributed by atoms with Crippen LogP contribution in [0.3, 0.4) is 0 Å². The van der Waals surface area contributed by atoms with E-state index >= 15 is 0 Å². The van der Waals surface area contributed by atoms with Gasteiger partial charge in [-0.1, -0.05) is 30.3 Å². The summed E-state index contributed by atoms with van der Waals surface area (Å²) in [6.45, 7) is 6.71. The summed E-state index contributed by atoms with van der Waals surface area (Å²) in [5.41, 5.74) is 3.60. The lowest BCUT2D eigenvalue weighted by Gasteiger charge is -2.18. The fourth-order valence-corrected chi connectivity index (χ4v) is 3.88. The van der Waals surface area contributed by atoms with E-state index in [0.29, 0.717) is 0 Å². The highest BCUT2D eigenvalue weighted by Crippen LogP contribution is 2.20. The summed E-state index contributed by atoms with van der Waals surface area (Å²) in [6.07, 6.45) is 0.926. The number of aromatic nitrogens is 5. The predicted octanol–water partition coefficient (Wildman–Crippen LogP) is 2.15. The van der Waals surface area contributed by atoms with Crippen molar-refractivity contribution < 1.29 is 0 Å². The van der Waals surface area contributed by atoms with Crippen molar-refractivity contribution in [3.63, 3.8) is 0 Å². The largest absolute Gasteiger partial charge is 0.310 e. The molecule has 0 saturated heterocycles. The molecule has 0 aliphatic carbocycles. The zero-order valence-electron chi connectivity index (χ0n) is 15.6. The van der Waals surface area contributed by atoms with Crippen molar-refractivity contribution in [1.29, 1.82) is 0 Å². The molecular weight excluding hydrogens is 397 g/mol. The normalized spacial score (nSPS) is 16.3. The number of hydrogen-bond donors (Lipinski definition) is 1. The summed E-state index contributed by atoms with van der Waals surface area (Å²) in [7, 11) is 0. The number of benzene rings is 1. The highest BCUT2D eigenvalue weighted by Gasteiger charge is 2.21. The van der Waals surface area contributed by atoms with Gasteiger partial charge in [0.05, 0.1) is 17.9 Å². The Bertz CT molecular complexity index is 883. The number of nitrogens with zero attached hydrogens (tertiary/aromatic N) is 6. The minimum Gasteiger partial charge on any atom is -0.310 e. The summed E-state index contributed by atoms with van der Waals surface area (Å²) in [6, 6.07) is 12.6. The zero-order chi connectivity index (χ0) is 17.3. The van der Waals surface area contributed by atoms with Crippen molar-refractivity contribution in [2.45, 2.75) is 32.6 Å². The lowest BCUT2D eigenvalue weighted by Crippen LogP contribution is -2.28. The molecule has 0 atom stereocenters. The van der Waals surface area contributed by atoms with Crippen molar-refractivity contribution in [3.8, 4) is 11.4 Å². The van der Waals surface area contributed by atoms with Crippen molar-refractivity contribution in [2.75, 3.05) is 19.6 Å². The van der Waals surface area contributed by atoms with Gasteiger partial charge in [0, 0.05) is 51.3 Å². The molecule has 5 rings (SSSR count). The summed E-state index contributed by atoms with van der Waals surface area (Å²) in [5.74, 6) is 2.06. The molecule has 1 aromatic carbocycles. The van der Waals surface area contributed by atoms with Gasteiger partial charge in [-0.05, 0) is 6.07 Å². The fourth-order valence-electron chi connectivity index (χ4n) is 3.88. The van der Waals surface area contributed by atoms with Crippen LogP contribution in [0.1, 0.15) is 17.2 Å². The van der Waals surface area contributed by atoms with E-state index in [1.807, 2.05) is 6.07 Å². The van der Waals surface area contributed by atoms with Crippen molar-refractivity contribution in [3.05, 3.63) is 53.6 Å². The Balaban J connectivity index is 0.00000112. The fraction of sp³-hybridized carbons (Fsp3) is 0.421. The number of halogens is 2. The molecule has 0 unspecified atom stereocenters. The van der Waals surface area contributed by atoms with Crippen LogP contribution in [0.2, 0.25) is 0 Å². The van der Waals surface area contributed by atoms with E-state index in [1.165, 1.54) is 11.4 Å². The van der Waals surface area contributed by atoms with Gasteiger partial charge in [-0.3, -0.25) is 9.58 Å². The molecule has 0 radical (unpaired) electrons. The van der Waals surface area contributed by atoms with E-state index in [0.717, 1.165) is 69.4 Å². The third-order valence-corrected chi connectivity index (χ3v) is 5.26. The second-order valence-electron chi connectivity index (χ2n) is 7.01. The van der Waals surface area contributed by atoms with Crippen LogP contribution < -0.4 is 5.32 Å². The first kappa shape index (κ1) is 20.8. The van der Waals surface area contributed by atoms with Crippen molar-refractivity contribution in [2.24, 2.45) is 0 Å². The molecular formula is C19H25Cl2N7. The van der Waals surface area contributed by atoms with Crippen LogP contribution in [0.15, 0.2) is 36.4 Å². The van der Waals surface area contributed by atoms with Crippen LogP contribution in [0, 0.1) is 0 Å². The van der Waals surface area contributed by atoms with Crippen molar-refractivity contribution in [1.82, 2.24) is 34.8 Å². The van der Waals surface area contributed by atoms with Crippen LogP contribution in [0.5, 0.6) is 0 Å². The Kier molecular flexibility index (Phi) is 6.72. The Morgan fingerprint density at radius 2 is 1.82 bits per heavy atom. The molecule has 4 heterocycles. The molecule has 1 N–H and O–H groups in total. The summed E-state index contributed by atoms with van der Waals surface area (Å²) < 4.78 is 4.42. The lowest BCUT2D eigenvalue weighted by molar-refractivity contribution is 0.267. The van der Waals surface area contributed by atoms with Gasteiger partial charge in [0.25, 0.3) is 0 Å². The Labute approximate surface area is 177 Å². The predicted molar refractivity (Wildman–Crippen MR) is 113 cm³/mol. The van der Waals surface area contributed by atoms with E-state index in [-0.39, 0.29) is 24.8 Å². The quantitative estimate of drug-likeness (QED) is 0.701. The van der Waals surface area contributed by atoms with Crippen LogP contribution in [-0.2, 0) is 32.6 Å². The molecule has 0 saturated carbocycles. The smallest absolute Gasteiger partial charge is 0.164 e. The molecule has 0 fully saturated rings. The Morgan fingerprint density at radius 3 is 2.64 bits per heavy atom. The number of fused-ring (bicyclic) bond motifs is 2. The molecule has 150 valence electrons. The molecule has 9 heteroatoms. The van der Waals surface area contributed by atoms with E-state index < -0.39 is 0 Å². The first-order valence-electron chi connectivity index (χ1n) is 9.33. The summed E-state index contributed by atoms with van der Waals surface area (Å²) in [5, 5.41) is 17.1. The van der Waals surface area contributed by atoms with Gasteiger partial charge in [-0.2, -0.15) is 5.10 Å². The van der Waals surface area contributed by atoms with E-state index in [1.54, 1.807) is 0 Å². The highest BCUT2D eigenvalue weighted by molar-refractivity contribution is 5.85. The van der Waals surface area contributed by atoms with Gasteiger partial charge >= 0.3 is 0 Å². The zero-order valence-corrected chi connectivity index (χ0v) is 17.3. The number of nitrogens with one attached hydrogen (secondary N) is 1. The maximum atomic E-state index is 4.78. The van der Waals surface area contributed by atoms with Crippen LogP contribution in [-0.4, -0.2) is 49.1 Å². The van der Waals surface area contributed by atoms with Gasteiger partial charge in [0.2, 0.25) is 0 Å². The minimum atomic E-state index is 0. The van der Waals surface area contributed by atoms with Crippen molar-refractivity contribution >= 4 is 24.8 Å². The summed E-state index contributed by atoms with van der Waals surface area (Å²) >= 11 is 0. The topological polar surface area (TPSA) is 63.8 Å². The van der Waals surface area contributed by atoms with Gasteiger partial charge < -0.3 is 9.88 Å². The molecule has 7 nitrogen and oxygen atoms in total.